The molecule has 5 heteroatoms. The summed E-state index contributed by atoms with van der Waals surface area (Å²) in [6, 6.07) is 15.2. The molecule has 0 atom stereocenters. The van der Waals surface area contributed by atoms with Crippen molar-refractivity contribution >= 4 is 16.8 Å². The summed E-state index contributed by atoms with van der Waals surface area (Å²) in [7, 11) is 1.72. The molecule has 0 spiro atoms. The lowest BCUT2D eigenvalue weighted by molar-refractivity contribution is 0.0748. The van der Waals surface area contributed by atoms with E-state index in [0.29, 0.717) is 30.8 Å². The van der Waals surface area contributed by atoms with E-state index in [-0.39, 0.29) is 5.91 Å². The smallest absolute Gasteiger partial charge is 0.254 e. The Kier molecular flexibility index (Phi) is 4.66. The van der Waals surface area contributed by atoms with Crippen molar-refractivity contribution in [3.8, 4) is 6.07 Å². The van der Waals surface area contributed by atoms with E-state index in [9.17, 15) is 4.79 Å². The van der Waals surface area contributed by atoms with Gasteiger partial charge in [0.15, 0.2) is 0 Å². The van der Waals surface area contributed by atoms with E-state index in [1.54, 1.807) is 31.4 Å². The van der Waals surface area contributed by atoms with Crippen molar-refractivity contribution in [3.05, 3.63) is 70.9 Å². The second kappa shape index (κ2) is 7.26. The number of aromatic nitrogens is 1. The Bertz CT molecular complexity index is 1030. The lowest BCUT2D eigenvalue weighted by Gasteiger charge is -2.21. The zero-order chi connectivity index (χ0) is 18.8. The number of methoxy groups -OCH3 is 1. The average Bonchev–Trinajstić information content (AvgIpc) is 2.96. The molecule has 0 aliphatic carbocycles. The van der Waals surface area contributed by atoms with Gasteiger partial charge in [0.25, 0.3) is 5.91 Å². The first-order chi connectivity index (χ1) is 13.2. The normalized spacial score (nSPS) is 13.4. The number of rotatable bonds is 4. The highest BCUT2D eigenvalue weighted by Crippen LogP contribution is 2.30. The summed E-state index contributed by atoms with van der Waals surface area (Å²) in [5.41, 5.74) is 4.85. The minimum Gasteiger partial charge on any atom is -0.383 e. The van der Waals surface area contributed by atoms with E-state index in [4.69, 9.17) is 10.00 Å². The molecule has 0 unspecified atom stereocenters. The maximum absolute atomic E-state index is 13.0. The summed E-state index contributed by atoms with van der Waals surface area (Å²) < 4.78 is 7.47. The Morgan fingerprint density at radius 2 is 2.00 bits per heavy atom. The van der Waals surface area contributed by atoms with Gasteiger partial charge in [-0.05, 0) is 47.9 Å². The number of hydrogen-bond donors (Lipinski definition) is 0. The maximum atomic E-state index is 13.0. The summed E-state index contributed by atoms with van der Waals surface area (Å²) in [5, 5.41) is 10.2. The largest absolute Gasteiger partial charge is 0.383 e. The zero-order valence-corrected chi connectivity index (χ0v) is 15.3. The van der Waals surface area contributed by atoms with E-state index >= 15 is 0 Å². The second-order valence-electron chi connectivity index (χ2n) is 6.82. The standard InChI is InChI=1S/C22H21N3O2/c1-27-12-11-24-14-19-9-10-25(15-18-3-2-4-20(24)21(18)19)22(26)17-7-5-16(13-23)6-8-17/h2-8,14H,9-12,15H2,1H3. The summed E-state index contributed by atoms with van der Waals surface area (Å²) in [4.78, 5) is 14.9. The van der Waals surface area contributed by atoms with Crippen LogP contribution in [0, 0.1) is 11.3 Å². The predicted molar refractivity (Wildman–Crippen MR) is 103 cm³/mol. The van der Waals surface area contributed by atoms with Crippen molar-refractivity contribution in [2.45, 2.75) is 19.5 Å². The fourth-order valence-electron chi connectivity index (χ4n) is 3.80. The van der Waals surface area contributed by atoms with Crippen LogP contribution in [-0.4, -0.2) is 35.6 Å². The fourth-order valence-corrected chi connectivity index (χ4v) is 3.80. The van der Waals surface area contributed by atoms with Gasteiger partial charge in [0.05, 0.1) is 18.2 Å². The van der Waals surface area contributed by atoms with Crippen molar-refractivity contribution in [3.63, 3.8) is 0 Å². The molecular weight excluding hydrogens is 338 g/mol. The summed E-state index contributed by atoms with van der Waals surface area (Å²) in [6.07, 6.45) is 3.03. The van der Waals surface area contributed by atoms with E-state index in [0.717, 1.165) is 13.0 Å². The summed E-state index contributed by atoms with van der Waals surface area (Å²) in [6.45, 7) is 2.77. The Morgan fingerprint density at radius 3 is 2.74 bits per heavy atom. The highest BCUT2D eigenvalue weighted by molar-refractivity contribution is 5.95. The van der Waals surface area contributed by atoms with E-state index in [2.05, 4.69) is 35.0 Å². The number of ether oxygens (including phenoxy) is 1. The van der Waals surface area contributed by atoms with Crippen molar-refractivity contribution < 1.29 is 9.53 Å². The van der Waals surface area contributed by atoms with Gasteiger partial charge in [0.1, 0.15) is 0 Å². The van der Waals surface area contributed by atoms with Crippen LogP contribution in [0.1, 0.15) is 27.0 Å². The van der Waals surface area contributed by atoms with Gasteiger partial charge in [-0.1, -0.05) is 12.1 Å². The highest BCUT2D eigenvalue weighted by atomic mass is 16.5. The van der Waals surface area contributed by atoms with Crippen molar-refractivity contribution in [1.29, 1.82) is 5.26 Å². The highest BCUT2D eigenvalue weighted by Gasteiger charge is 2.23. The summed E-state index contributed by atoms with van der Waals surface area (Å²) in [5.74, 6) is 0.00825. The lowest BCUT2D eigenvalue weighted by Crippen LogP contribution is -2.31. The Balaban J connectivity index is 1.64. The number of amides is 1. The van der Waals surface area contributed by atoms with Crippen LogP contribution >= 0.6 is 0 Å². The summed E-state index contributed by atoms with van der Waals surface area (Å²) >= 11 is 0. The van der Waals surface area contributed by atoms with Gasteiger partial charge >= 0.3 is 0 Å². The van der Waals surface area contributed by atoms with Crippen LogP contribution in [0.25, 0.3) is 10.9 Å². The van der Waals surface area contributed by atoms with Gasteiger partial charge in [0, 0.05) is 49.4 Å². The molecular formula is C22H21N3O2. The molecule has 0 saturated carbocycles. The molecule has 5 nitrogen and oxygen atoms in total. The molecule has 2 aromatic carbocycles. The quantitative estimate of drug-likeness (QED) is 0.718. The zero-order valence-electron chi connectivity index (χ0n) is 15.3. The first kappa shape index (κ1) is 17.3. The number of nitrogens with zero attached hydrogens (tertiary/aromatic N) is 3. The van der Waals surface area contributed by atoms with Crippen molar-refractivity contribution in [2.24, 2.45) is 0 Å². The molecule has 0 fully saturated rings. The number of benzene rings is 2. The molecule has 1 amide bonds. The minimum absolute atomic E-state index is 0.00825. The van der Waals surface area contributed by atoms with Crippen LogP contribution in [0.2, 0.25) is 0 Å². The van der Waals surface area contributed by atoms with Gasteiger partial charge in [-0.2, -0.15) is 5.26 Å². The third-order valence-electron chi connectivity index (χ3n) is 5.17. The molecule has 0 N–H and O–H groups in total. The van der Waals surface area contributed by atoms with E-state index < -0.39 is 0 Å². The van der Waals surface area contributed by atoms with E-state index in [1.165, 1.54) is 22.0 Å². The number of carbonyl (C=O) groups is 1. The topological polar surface area (TPSA) is 58.3 Å². The van der Waals surface area contributed by atoms with Gasteiger partial charge in [-0.3, -0.25) is 4.79 Å². The molecule has 136 valence electrons. The van der Waals surface area contributed by atoms with Crippen LogP contribution in [0.4, 0.5) is 0 Å². The maximum Gasteiger partial charge on any atom is 0.254 e. The molecule has 27 heavy (non-hydrogen) atoms. The molecule has 0 saturated heterocycles. The van der Waals surface area contributed by atoms with E-state index in [1.807, 2.05) is 4.90 Å². The second-order valence-corrected chi connectivity index (χ2v) is 6.82. The Hall–Kier alpha value is -3.10. The molecule has 2 heterocycles. The lowest BCUT2D eigenvalue weighted by atomic mass is 10.1. The van der Waals surface area contributed by atoms with Gasteiger partial charge < -0.3 is 14.2 Å². The Labute approximate surface area is 158 Å². The van der Waals surface area contributed by atoms with Crippen LogP contribution in [0.3, 0.4) is 0 Å². The molecule has 0 bridgehead atoms. The molecule has 1 aromatic heterocycles. The fraction of sp³-hybridized carbons (Fsp3) is 0.273. The SMILES string of the molecule is COCCn1cc2c3c(cccc31)CN(C(=O)c1ccc(C#N)cc1)CC2. The number of hydrogen-bond acceptors (Lipinski definition) is 3. The van der Waals surface area contributed by atoms with Gasteiger partial charge in [-0.15, -0.1) is 0 Å². The van der Waals surface area contributed by atoms with Crippen LogP contribution in [-0.2, 0) is 24.2 Å². The molecule has 1 aliphatic heterocycles. The predicted octanol–water partition coefficient (Wildman–Crippen LogP) is 3.36. The average molecular weight is 359 g/mol. The monoisotopic (exact) mass is 359 g/mol. The molecule has 1 aliphatic rings. The third kappa shape index (κ3) is 3.20. The Morgan fingerprint density at radius 1 is 1.19 bits per heavy atom. The number of nitriles is 1. The molecule has 0 radical (unpaired) electrons. The van der Waals surface area contributed by atoms with Gasteiger partial charge in [0.2, 0.25) is 0 Å². The van der Waals surface area contributed by atoms with Crippen LogP contribution < -0.4 is 0 Å². The number of carbonyl (C=O) groups excluding carboxylic acids is 1. The van der Waals surface area contributed by atoms with Crippen molar-refractivity contribution in [2.75, 3.05) is 20.3 Å². The molecule has 3 aromatic rings. The first-order valence-electron chi connectivity index (χ1n) is 9.09. The van der Waals surface area contributed by atoms with Gasteiger partial charge in [-0.25, -0.2) is 0 Å². The molecule has 4 rings (SSSR count). The van der Waals surface area contributed by atoms with Crippen LogP contribution in [0.15, 0.2) is 48.7 Å². The van der Waals surface area contributed by atoms with Crippen LogP contribution in [0.5, 0.6) is 0 Å². The first-order valence-corrected chi connectivity index (χ1v) is 9.09. The minimum atomic E-state index is 0.00825. The van der Waals surface area contributed by atoms with Crippen molar-refractivity contribution in [1.82, 2.24) is 9.47 Å². The third-order valence-corrected chi connectivity index (χ3v) is 5.17.